The van der Waals surface area contributed by atoms with Crippen LogP contribution >= 0.6 is 0 Å². The van der Waals surface area contributed by atoms with E-state index in [0.717, 1.165) is 38.2 Å². The van der Waals surface area contributed by atoms with E-state index in [2.05, 4.69) is 34.1 Å². The summed E-state index contributed by atoms with van der Waals surface area (Å²) in [6, 6.07) is 2.26. The van der Waals surface area contributed by atoms with Gasteiger partial charge in [0.15, 0.2) is 5.82 Å². The normalized spacial score (nSPS) is 14.9. The Balaban J connectivity index is 2.05. The van der Waals surface area contributed by atoms with Gasteiger partial charge in [-0.05, 0) is 42.9 Å². The van der Waals surface area contributed by atoms with E-state index in [1.807, 2.05) is 0 Å². The molecule has 0 amide bonds. The number of fused-ring (bicyclic) bond motifs is 3. The number of aromatic nitrogens is 2. The number of alkyl halides is 3. The summed E-state index contributed by atoms with van der Waals surface area (Å²) in [5.74, 6) is -0.476. The molecule has 0 saturated carbocycles. The second-order valence-electron chi connectivity index (χ2n) is 8.44. The maximum absolute atomic E-state index is 12.7. The summed E-state index contributed by atoms with van der Waals surface area (Å²) in [5.41, 5.74) is 2.12. The van der Waals surface area contributed by atoms with Gasteiger partial charge >= 0.3 is 6.36 Å². The van der Waals surface area contributed by atoms with Crippen molar-refractivity contribution in [2.45, 2.75) is 84.4 Å². The summed E-state index contributed by atoms with van der Waals surface area (Å²) in [7, 11) is 0. The lowest BCUT2D eigenvalue weighted by atomic mass is 9.94. The average Bonchev–Trinajstić information content (AvgIpc) is 2.86. The Morgan fingerprint density at radius 1 is 1.21 bits per heavy atom. The first-order valence-corrected chi connectivity index (χ1v) is 11.7. The highest BCUT2D eigenvalue weighted by molar-refractivity contribution is 5.76. The number of hydrogen-bond donors (Lipinski definition) is 3. The number of benzene rings is 1. The highest BCUT2D eigenvalue weighted by atomic mass is 19.4. The highest BCUT2D eigenvalue weighted by Gasteiger charge is 2.32. The Morgan fingerprint density at radius 3 is 2.68 bits per heavy atom. The molecule has 0 spiro atoms. The molecule has 3 rings (SSSR count). The van der Waals surface area contributed by atoms with Crippen LogP contribution in [0.25, 0.3) is 11.3 Å². The van der Waals surface area contributed by atoms with Gasteiger partial charge in [0.1, 0.15) is 17.2 Å². The summed E-state index contributed by atoms with van der Waals surface area (Å²) < 4.78 is 47.8. The van der Waals surface area contributed by atoms with Gasteiger partial charge < -0.3 is 25.0 Å². The molecule has 7 nitrogen and oxygen atoms in total. The number of rotatable bonds is 9. The van der Waals surface area contributed by atoms with Crippen molar-refractivity contribution in [3.63, 3.8) is 0 Å². The summed E-state index contributed by atoms with van der Waals surface area (Å²) in [6.07, 6.45) is 1.40. The molecule has 3 N–H and O–H groups in total. The van der Waals surface area contributed by atoms with Gasteiger partial charge in [-0.2, -0.15) is 0 Å². The van der Waals surface area contributed by atoms with Crippen LogP contribution in [-0.2, 0) is 24.4 Å². The van der Waals surface area contributed by atoms with Crippen molar-refractivity contribution in [1.82, 2.24) is 10.2 Å². The molecule has 0 radical (unpaired) electrons. The Bertz CT molecular complexity index is 969. The smallest absolute Gasteiger partial charge is 0.507 e. The van der Waals surface area contributed by atoms with Crippen LogP contribution in [0.4, 0.5) is 19.0 Å². The molecule has 2 aromatic rings. The first-order valence-electron chi connectivity index (χ1n) is 11.7. The highest BCUT2D eigenvalue weighted by Crippen LogP contribution is 2.41. The van der Waals surface area contributed by atoms with E-state index in [9.17, 15) is 23.4 Å². The lowest BCUT2D eigenvalue weighted by Crippen LogP contribution is -2.22. The number of aliphatic hydroxyl groups is 1. The van der Waals surface area contributed by atoms with Gasteiger partial charge in [0.05, 0.1) is 13.2 Å². The minimum atomic E-state index is -4.89. The van der Waals surface area contributed by atoms with Gasteiger partial charge in [0.25, 0.3) is 0 Å². The zero-order chi connectivity index (χ0) is 24.7. The molecule has 188 valence electrons. The Kier molecular flexibility index (Phi) is 8.96. The third-order valence-corrected chi connectivity index (χ3v) is 5.95. The molecule has 1 aliphatic rings. The molecule has 0 bridgehead atoms. The summed E-state index contributed by atoms with van der Waals surface area (Å²) in [4.78, 5) is 0. The van der Waals surface area contributed by atoms with Crippen LogP contribution in [0.15, 0.2) is 12.1 Å². The van der Waals surface area contributed by atoms with Crippen molar-refractivity contribution in [1.29, 1.82) is 0 Å². The maximum atomic E-state index is 12.7. The van der Waals surface area contributed by atoms with Gasteiger partial charge in [0, 0.05) is 29.8 Å². The predicted octanol–water partition coefficient (Wildman–Crippen LogP) is 5.47. The third-order valence-electron chi connectivity index (χ3n) is 5.95. The van der Waals surface area contributed by atoms with Crippen molar-refractivity contribution >= 4 is 5.82 Å². The Labute approximate surface area is 197 Å². The zero-order valence-electron chi connectivity index (χ0n) is 19.5. The van der Waals surface area contributed by atoms with Gasteiger partial charge in [-0.15, -0.1) is 23.4 Å². The van der Waals surface area contributed by atoms with Gasteiger partial charge in [-0.3, -0.25) is 0 Å². The number of aliphatic hydroxyl groups excluding tert-OH is 1. The van der Waals surface area contributed by atoms with E-state index in [1.54, 1.807) is 0 Å². The summed E-state index contributed by atoms with van der Waals surface area (Å²) in [5, 5.41) is 33.0. The van der Waals surface area contributed by atoms with Crippen LogP contribution in [0, 0.1) is 0 Å². The number of nitrogens with one attached hydrogen (secondary N) is 1. The predicted molar refractivity (Wildman–Crippen MR) is 122 cm³/mol. The van der Waals surface area contributed by atoms with E-state index < -0.39 is 17.9 Å². The van der Waals surface area contributed by atoms with Crippen LogP contribution in [0.2, 0.25) is 0 Å². The second-order valence-corrected chi connectivity index (χ2v) is 8.44. The zero-order valence-corrected chi connectivity index (χ0v) is 19.5. The molecule has 1 aliphatic heterocycles. The minimum absolute atomic E-state index is 0.0249. The molecule has 0 aliphatic carbocycles. The maximum Gasteiger partial charge on any atom is 0.573 e. The van der Waals surface area contributed by atoms with Gasteiger partial charge in [0.2, 0.25) is 0 Å². The van der Waals surface area contributed by atoms with Gasteiger partial charge in [-0.1, -0.05) is 33.1 Å². The number of hydrogen-bond acceptors (Lipinski definition) is 7. The molecule has 1 aromatic carbocycles. The third kappa shape index (κ3) is 6.50. The summed E-state index contributed by atoms with van der Waals surface area (Å²) >= 11 is 0. The molecule has 0 fully saturated rings. The van der Waals surface area contributed by atoms with Crippen LogP contribution in [0.1, 0.15) is 69.1 Å². The monoisotopic (exact) mass is 483 g/mol. The second kappa shape index (κ2) is 11.7. The number of ether oxygens (including phenoxy) is 2. The van der Waals surface area contributed by atoms with Crippen LogP contribution in [0.3, 0.4) is 0 Å². The fraction of sp³-hybridized carbons (Fsp3) is 0.583. The molecular weight excluding hydrogens is 451 g/mol. The topological polar surface area (TPSA) is 96.7 Å². The first kappa shape index (κ1) is 26.0. The molecule has 34 heavy (non-hydrogen) atoms. The molecule has 1 unspecified atom stereocenters. The minimum Gasteiger partial charge on any atom is -0.507 e. The number of halogens is 3. The number of phenolic OH excluding ortho intramolecular Hbond substituents is 1. The Hall–Kier alpha value is -2.59. The lowest BCUT2D eigenvalue weighted by molar-refractivity contribution is -0.274. The van der Waals surface area contributed by atoms with Crippen molar-refractivity contribution in [3.05, 3.63) is 28.8 Å². The van der Waals surface area contributed by atoms with Crippen molar-refractivity contribution in [2.24, 2.45) is 0 Å². The van der Waals surface area contributed by atoms with Gasteiger partial charge in [-0.25, -0.2) is 0 Å². The van der Waals surface area contributed by atoms with E-state index in [-0.39, 0.29) is 24.8 Å². The fourth-order valence-electron chi connectivity index (χ4n) is 4.25. The van der Waals surface area contributed by atoms with E-state index in [4.69, 9.17) is 4.74 Å². The number of phenols is 1. The van der Waals surface area contributed by atoms with Crippen molar-refractivity contribution in [2.75, 3.05) is 11.9 Å². The average molecular weight is 484 g/mol. The number of aromatic hydroxyl groups is 1. The SMILES string of the molecule is CCCCCC(CC)Nc1nnc2c(c1CO)CCCOCc1cc(OC(F)(F)F)cc(O)c1-2. The molecule has 10 heteroatoms. The molecule has 1 atom stereocenters. The standard InChI is InChI=1S/C24H32F3N3O4/c1-3-5-6-8-16(4-2)28-23-19(13-31)18-9-7-10-33-14-15-11-17(34-24(25,26)27)12-20(32)21(15)22(18)29-30-23/h11-12,16,31-32H,3-10,13-14H2,1-2H3,(H,28,30). The number of nitrogens with zero attached hydrogens (tertiary/aromatic N) is 2. The molecule has 0 saturated heterocycles. The largest absolute Gasteiger partial charge is 0.573 e. The van der Waals surface area contributed by atoms with E-state index in [0.29, 0.717) is 47.7 Å². The summed E-state index contributed by atoms with van der Waals surface area (Å²) in [6.45, 7) is 4.27. The van der Waals surface area contributed by atoms with Crippen LogP contribution < -0.4 is 10.1 Å². The quantitative estimate of drug-likeness (QED) is 0.407. The van der Waals surface area contributed by atoms with Crippen LogP contribution in [-0.4, -0.2) is 39.4 Å². The lowest BCUT2D eigenvalue weighted by Gasteiger charge is -2.22. The van der Waals surface area contributed by atoms with E-state index >= 15 is 0 Å². The molecule has 2 heterocycles. The fourth-order valence-corrected chi connectivity index (χ4v) is 4.25. The first-order chi connectivity index (χ1) is 16.3. The van der Waals surface area contributed by atoms with Crippen LogP contribution in [0.5, 0.6) is 11.5 Å². The van der Waals surface area contributed by atoms with Crippen molar-refractivity contribution in [3.8, 4) is 22.8 Å². The molecular formula is C24H32F3N3O4. The Morgan fingerprint density at radius 2 is 2.00 bits per heavy atom. The van der Waals surface area contributed by atoms with E-state index in [1.165, 1.54) is 6.07 Å². The van der Waals surface area contributed by atoms with Crippen molar-refractivity contribution < 1.29 is 32.9 Å². The number of anilines is 1. The molecule has 1 aromatic heterocycles. The number of unbranched alkanes of at least 4 members (excludes halogenated alkanes) is 2.